The summed E-state index contributed by atoms with van der Waals surface area (Å²) in [5.41, 5.74) is 6.57. The summed E-state index contributed by atoms with van der Waals surface area (Å²) in [7, 11) is 1.25. The van der Waals surface area contributed by atoms with Crippen LogP contribution >= 0.6 is 34.9 Å². The number of β-lactam (4-membered cyclic amide) rings is 1. The molecule has 1 saturated heterocycles. The van der Waals surface area contributed by atoms with Gasteiger partial charge in [-0.3, -0.25) is 19.8 Å². The van der Waals surface area contributed by atoms with Crippen molar-refractivity contribution < 1.29 is 58.6 Å². The number of oxime groups is 1. The number of anilines is 1. The third-order valence-electron chi connectivity index (χ3n) is 5.59. The number of carbonyl (C=O) groups excluding carboxylic acids is 1. The van der Waals surface area contributed by atoms with Crippen molar-refractivity contribution in [2.24, 2.45) is 10.1 Å². The molecule has 1 amide bonds. The molecule has 0 radical (unpaired) electrons. The van der Waals surface area contributed by atoms with Gasteiger partial charge in [-0.15, -0.1) is 28.2 Å². The molecule has 4 heterocycles. The number of carboxylic acids is 1. The Labute approximate surface area is 260 Å². The van der Waals surface area contributed by atoms with Crippen molar-refractivity contribution in [3.05, 3.63) is 52.4 Å². The number of aromatic nitrogens is 4. The summed E-state index contributed by atoms with van der Waals surface area (Å²) in [6.07, 6.45) is 0. The number of nitrogens with one attached hydrogen (secondary N) is 1. The van der Waals surface area contributed by atoms with Gasteiger partial charge in [0.1, 0.15) is 35.4 Å². The summed E-state index contributed by atoms with van der Waals surface area (Å²) in [5.74, 6) is -2.15. The van der Waals surface area contributed by atoms with Crippen molar-refractivity contribution in [1.29, 1.82) is 0 Å². The first-order chi connectivity index (χ1) is 18.8. The van der Waals surface area contributed by atoms with E-state index in [1.807, 2.05) is 0 Å². The molecule has 2 aromatic heterocycles. The van der Waals surface area contributed by atoms with Gasteiger partial charge in [0.15, 0.2) is 17.0 Å². The van der Waals surface area contributed by atoms with Gasteiger partial charge in [0, 0.05) is 28.3 Å². The number of aliphatic carboxylic acids is 1. The van der Waals surface area contributed by atoms with Crippen LogP contribution in [0.4, 0.5) is 9.52 Å². The number of halogens is 1. The molecule has 2 aliphatic rings. The Kier molecular flexibility index (Phi) is 9.52. The van der Waals surface area contributed by atoms with Crippen molar-refractivity contribution in [3.63, 3.8) is 0 Å². The van der Waals surface area contributed by atoms with Gasteiger partial charge in [-0.05, 0) is 29.8 Å². The SMILES string of the molecule is CO/N=C(\C([O-])=N[C@@H]1C(=O)N2C(C(=O)O)=C(CSc3n[nH]c(-c4ccc(F)cc4)n3)CS[C@H]12)c1csc(N)n1.[Na+]. The number of carboxylic acid groups (broad SMARTS) is 1. The molecule has 4 N–H and O–H groups in total. The van der Waals surface area contributed by atoms with E-state index in [0.717, 1.165) is 16.2 Å². The first-order valence-corrected chi connectivity index (χ1v) is 14.0. The van der Waals surface area contributed by atoms with Gasteiger partial charge in [0.05, 0.1) is 0 Å². The molecule has 18 heteroatoms. The predicted molar refractivity (Wildman–Crippen MR) is 142 cm³/mol. The molecular formula is C22H18FN8NaO5S3. The number of H-pyrrole nitrogens is 1. The monoisotopic (exact) mass is 612 g/mol. The number of rotatable bonds is 9. The van der Waals surface area contributed by atoms with Crippen molar-refractivity contribution >= 4 is 63.5 Å². The van der Waals surface area contributed by atoms with E-state index in [2.05, 4.69) is 30.3 Å². The number of aliphatic imine (C=N–C) groups is 1. The number of fused-ring (bicyclic) bond motifs is 1. The molecule has 0 bridgehead atoms. The fourth-order valence-electron chi connectivity index (χ4n) is 3.83. The van der Waals surface area contributed by atoms with Gasteiger partial charge in [-0.2, -0.15) is 0 Å². The molecule has 2 atom stereocenters. The molecular weight excluding hydrogens is 594 g/mol. The number of hydrogen-bond donors (Lipinski definition) is 3. The van der Waals surface area contributed by atoms with Gasteiger partial charge < -0.3 is 20.8 Å². The molecule has 3 aromatic rings. The van der Waals surface area contributed by atoms with Crippen LogP contribution < -0.4 is 40.4 Å². The maximum Gasteiger partial charge on any atom is 1.00 e. The van der Waals surface area contributed by atoms with E-state index in [1.165, 1.54) is 48.1 Å². The largest absolute Gasteiger partial charge is 1.00 e. The Balaban J connectivity index is 0.00000370. The number of carbonyl (C=O) groups is 2. The smallest absolute Gasteiger partial charge is 0.857 e. The molecule has 0 saturated carbocycles. The van der Waals surface area contributed by atoms with Crippen LogP contribution in [0.1, 0.15) is 5.69 Å². The van der Waals surface area contributed by atoms with Crippen LogP contribution in [0.2, 0.25) is 0 Å². The number of benzene rings is 1. The second-order valence-corrected chi connectivity index (χ2v) is 10.9. The number of aromatic amines is 1. The number of nitrogens with zero attached hydrogens (tertiary/aromatic N) is 6. The van der Waals surface area contributed by atoms with E-state index < -0.39 is 29.2 Å². The predicted octanol–water partition coefficient (Wildman–Crippen LogP) is -1.82. The van der Waals surface area contributed by atoms with Crippen LogP contribution in [0.5, 0.6) is 0 Å². The Morgan fingerprint density at radius 3 is 2.77 bits per heavy atom. The molecule has 1 aromatic carbocycles. The summed E-state index contributed by atoms with van der Waals surface area (Å²) in [6, 6.07) is 4.65. The van der Waals surface area contributed by atoms with Crippen molar-refractivity contribution in [3.8, 4) is 11.4 Å². The Hall–Kier alpha value is -2.96. The normalized spacial score (nSPS) is 19.1. The zero-order valence-corrected chi connectivity index (χ0v) is 25.3. The third-order valence-corrected chi connectivity index (χ3v) is 8.52. The van der Waals surface area contributed by atoms with Gasteiger partial charge in [-0.1, -0.05) is 16.9 Å². The van der Waals surface area contributed by atoms with Crippen LogP contribution in [0, 0.1) is 5.82 Å². The Bertz CT molecular complexity index is 1530. The van der Waals surface area contributed by atoms with Crippen molar-refractivity contribution in [1.82, 2.24) is 25.1 Å². The summed E-state index contributed by atoms with van der Waals surface area (Å²) in [5, 5.41) is 34.7. The van der Waals surface area contributed by atoms with Crippen LogP contribution in [0.25, 0.3) is 11.4 Å². The molecule has 0 unspecified atom stereocenters. The Morgan fingerprint density at radius 1 is 1.38 bits per heavy atom. The van der Waals surface area contributed by atoms with E-state index in [4.69, 9.17) is 10.6 Å². The maximum atomic E-state index is 13.2. The number of amides is 1. The van der Waals surface area contributed by atoms with Crippen molar-refractivity contribution in [2.45, 2.75) is 16.6 Å². The number of thioether (sulfide) groups is 2. The molecule has 2 aliphatic heterocycles. The van der Waals surface area contributed by atoms with Crippen LogP contribution in [-0.2, 0) is 14.4 Å². The fourth-order valence-corrected chi connectivity index (χ4v) is 6.64. The van der Waals surface area contributed by atoms with E-state index in [9.17, 15) is 24.2 Å². The second kappa shape index (κ2) is 12.7. The maximum absolute atomic E-state index is 13.2. The molecule has 1 fully saturated rings. The van der Waals surface area contributed by atoms with E-state index in [-0.39, 0.29) is 63.4 Å². The number of nitrogens with two attached hydrogens (primary N) is 1. The standard InChI is InChI=1S/C22H19FN8O5S3.Na/c1-36-30-13(12-8-38-21(24)25-12)17(32)26-14-18(33)31-15(20(34)35)10(6-37-19(14)31)7-39-22-27-16(28-29-22)9-2-4-11(23)5-3-9;/h2-5,8,14,19H,6-7H2,1H3,(H2,24,25)(H,26,32)(H,34,35)(H,27,28,29);/q;+1/p-1/b30-13-;/t14-,19-;/m1./s1. The van der Waals surface area contributed by atoms with Crippen LogP contribution in [0.15, 0.2) is 56.2 Å². The van der Waals surface area contributed by atoms with Gasteiger partial charge in [0.2, 0.25) is 5.16 Å². The number of thiazole rings is 1. The fraction of sp³-hybridized carbons (Fsp3) is 0.227. The summed E-state index contributed by atoms with van der Waals surface area (Å²) in [4.78, 5) is 43.4. The zero-order chi connectivity index (χ0) is 27.7. The average molecular weight is 613 g/mol. The molecule has 13 nitrogen and oxygen atoms in total. The minimum atomic E-state index is -1.27. The van der Waals surface area contributed by atoms with Crippen molar-refractivity contribution in [2.75, 3.05) is 24.3 Å². The quantitative estimate of drug-likeness (QED) is 0.0615. The van der Waals surface area contributed by atoms with E-state index in [1.54, 1.807) is 12.1 Å². The minimum absolute atomic E-state index is 0. The van der Waals surface area contributed by atoms with E-state index in [0.29, 0.717) is 27.9 Å². The van der Waals surface area contributed by atoms with Gasteiger partial charge in [0.25, 0.3) is 5.91 Å². The molecule has 40 heavy (non-hydrogen) atoms. The third kappa shape index (κ3) is 6.03. The molecule has 0 aliphatic carbocycles. The van der Waals surface area contributed by atoms with Crippen LogP contribution in [-0.4, -0.2) is 83.7 Å². The van der Waals surface area contributed by atoms with E-state index >= 15 is 0 Å². The molecule has 202 valence electrons. The number of hydrogen-bond acceptors (Lipinski definition) is 13. The minimum Gasteiger partial charge on any atom is -0.857 e. The average Bonchev–Trinajstić information content (AvgIpc) is 3.57. The van der Waals surface area contributed by atoms with Gasteiger partial charge in [-0.25, -0.2) is 19.2 Å². The first-order valence-electron chi connectivity index (χ1n) is 11.1. The first kappa shape index (κ1) is 30.0. The van der Waals surface area contributed by atoms with Gasteiger partial charge >= 0.3 is 35.5 Å². The molecule has 0 spiro atoms. The molecule has 5 rings (SSSR count). The summed E-state index contributed by atoms with van der Waals surface area (Å²) in [6.45, 7) is 0. The van der Waals surface area contributed by atoms with Crippen LogP contribution in [0.3, 0.4) is 0 Å². The number of nitrogen functional groups attached to an aromatic ring is 1. The second-order valence-electron chi connectivity index (χ2n) is 8.00. The summed E-state index contributed by atoms with van der Waals surface area (Å²) >= 11 is 3.59. The Morgan fingerprint density at radius 2 is 2.12 bits per heavy atom. The summed E-state index contributed by atoms with van der Waals surface area (Å²) < 4.78 is 13.2. The topological polar surface area (TPSA) is 195 Å². The zero-order valence-electron chi connectivity index (χ0n) is 20.9.